The number of nitrogens with zero attached hydrogens (tertiary/aromatic N) is 1. The van der Waals surface area contributed by atoms with Gasteiger partial charge in [0, 0.05) is 12.1 Å². The van der Waals surface area contributed by atoms with Crippen LogP contribution in [-0.4, -0.2) is 35.1 Å². The van der Waals surface area contributed by atoms with Gasteiger partial charge in [-0.2, -0.15) is 0 Å². The highest BCUT2D eigenvalue weighted by atomic mass is 16.4. The Morgan fingerprint density at radius 3 is 2.80 bits per heavy atom. The van der Waals surface area contributed by atoms with Gasteiger partial charge in [-0.05, 0) is 30.9 Å². The zero-order valence-corrected chi connectivity index (χ0v) is 11.9. The summed E-state index contributed by atoms with van der Waals surface area (Å²) in [6, 6.07) is 9.42. The minimum absolute atomic E-state index is 0.376. The van der Waals surface area contributed by atoms with Gasteiger partial charge in [-0.1, -0.05) is 43.4 Å². The first-order valence-electron chi connectivity index (χ1n) is 7.21. The summed E-state index contributed by atoms with van der Waals surface area (Å²) in [5.74, 6) is 6.01. The van der Waals surface area contributed by atoms with Gasteiger partial charge in [-0.25, -0.2) is 0 Å². The third-order valence-corrected chi connectivity index (χ3v) is 3.97. The van der Waals surface area contributed by atoms with Gasteiger partial charge in [0.25, 0.3) is 0 Å². The molecule has 0 radical (unpaired) electrons. The van der Waals surface area contributed by atoms with Crippen LogP contribution in [0.5, 0.6) is 0 Å². The lowest BCUT2D eigenvalue weighted by atomic mass is 9.89. The van der Waals surface area contributed by atoms with E-state index in [2.05, 4.69) is 18.8 Å². The fourth-order valence-corrected chi connectivity index (χ4v) is 2.67. The number of hydrogen-bond acceptors (Lipinski definition) is 2. The van der Waals surface area contributed by atoms with Crippen molar-refractivity contribution < 1.29 is 9.90 Å². The SMILES string of the molecule is CCC1CCN(CC#Cc2ccccc2)C(C(=O)O)C1. The third kappa shape index (κ3) is 3.85. The van der Waals surface area contributed by atoms with Gasteiger partial charge in [0.05, 0.1) is 6.54 Å². The molecule has 0 aliphatic carbocycles. The Hall–Kier alpha value is -1.79. The summed E-state index contributed by atoms with van der Waals surface area (Å²) < 4.78 is 0. The molecule has 0 amide bonds. The largest absolute Gasteiger partial charge is 0.480 e. The summed E-state index contributed by atoms with van der Waals surface area (Å²) in [4.78, 5) is 13.4. The zero-order chi connectivity index (χ0) is 14.4. The number of hydrogen-bond donors (Lipinski definition) is 1. The highest BCUT2D eigenvalue weighted by Gasteiger charge is 2.31. The highest BCUT2D eigenvalue weighted by Crippen LogP contribution is 2.25. The van der Waals surface area contributed by atoms with E-state index in [0.29, 0.717) is 12.5 Å². The molecule has 1 heterocycles. The monoisotopic (exact) mass is 271 g/mol. The molecule has 0 aromatic heterocycles. The molecule has 1 aromatic rings. The lowest BCUT2D eigenvalue weighted by Gasteiger charge is -2.35. The van der Waals surface area contributed by atoms with Crippen molar-refractivity contribution in [1.82, 2.24) is 4.90 Å². The van der Waals surface area contributed by atoms with Gasteiger partial charge in [-0.15, -0.1) is 0 Å². The summed E-state index contributed by atoms with van der Waals surface area (Å²) in [6.45, 7) is 3.50. The predicted molar refractivity (Wildman–Crippen MR) is 79.3 cm³/mol. The van der Waals surface area contributed by atoms with Gasteiger partial charge < -0.3 is 5.11 Å². The summed E-state index contributed by atoms with van der Waals surface area (Å²) in [7, 11) is 0. The molecule has 0 saturated carbocycles. The third-order valence-electron chi connectivity index (χ3n) is 3.97. The van der Waals surface area contributed by atoms with E-state index in [-0.39, 0.29) is 6.04 Å². The van der Waals surface area contributed by atoms with E-state index in [9.17, 15) is 9.90 Å². The Morgan fingerprint density at radius 1 is 1.40 bits per heavy atom. The average molecular weight is 271 g/mol. The smallest absolute Gasteiger partial charge is 0.320 e. The molecule has 1 aliphatic rings. The van der Waals surface area contributed by atoms with Crippen molar-refractivity contribution in [2.75, 3.05) is 13.1 Å². The molecule has 1 N–H and O–H groups in total. The maximum Gasteiger partial charge on any atom is 0.320 e. The number of likely N-dealkylation sites (tertiary alicyclic amines) is 1. The molecular formula is C17H21NO2. The quantitative estimate of drug-likeness (QED) is 0.859. The van der Waals surface area contributed by atoms with Crippen LogP contribution in [-0.2, 0) is 4.79 Å². The van der Waals surface area contributed by atoms with E-state index in [4.69, 9.17) is 0 Å². The first-order chi connectivity index (χ1) is 9.70. The van der Waals surface area contributed by atoms with Crippen LogP contribution in [0.4, 0.5) is 0 Å². The molecule has 0 spiro atoms. The summed E-state index contributed by atoms with van der Waals surface area (Å²) in [6.07, 6.45) is 2.89. The number of carboxylic acids is 1. The normalized spacial score (nSPS) is 22.9. The Kier molecular flexibility index (Phi) is 5.20. The van der Waals surface area contributed by atoms with Crippen molar-refractivity contribution in [3.63, 3.8) is 0 Å². The number of piperidine rings is 1. The fourth-order valence-electron chi connectivity index (χ4n) is 2.67. The van der Waals surface area contributed by atoms with Crippen molar-refractivity contribution in [1.29, 1.82) is 0 Å². The molecule has 20 heavy (non-hydrogen) atoms. The molecule has 1 aliphatic heterocycles. The van der Waals surface area contributed by atoms with Crippen molar-refractivity contribution in [2.24, 2.45) is 5.92 Å². The maximum absolute atomic E-state index is 11.4. The topological polar surface area (TPSA) is 40.5 Å². The lowest BCUT2D eigenvalue weighted by Crippen LogP contribution is -2.47. The van der Waals surface area contributed by atoms with Crippen molar-refractivity contribution in [3.8, 4) is 11.8 Å². The second kappa shape index (κ2) is 7.12. The number of carboxylic acid groups (broad SMARTS) is 1. The van der Waals surface area contributed by atoms with Gasteiger partial charge in [0.2, 0.25) is 0 Å². The molecule has 2 rings (SSSR count). The molecule has 2 atom stereocenters. The van der Waals surface area contributed by atoms with Crippen LogP contribution >= 0.6 is 0 Å². The Labute approximate surface area is 120 Å². The van der Waals surface area contributed by atoms with Crippen molar-refractivity contribution >= 4 is 5.97 Å². The van der Waals surface area contributed by atoms with E-state index >= 15 is 0 Å². The van der Waals surface area contributed by atoms with Gasteiger partial charge in [0.1, 0.15) is 6.04 Å². The van der Waals surface area contributed by atoms with E-state index < -0.39 is 5.97 Å². The molecule has 0 bridgehead atoms. The molecule has 1 aromatic carbocycles. The van der Waals surface area contributed by atoms with Crippen molar-refractivity contribution in [3.05, 3.63) is 35.9 Å². The lowest BCUT2D eigenvalue weighted by molar-refractivity contribution is -0.145. The zero-order valence-electron chi connectivity index (χ0n) is 11.9. The van der Waals surface area contributed by atoms with Crippen molar-refractivity contribution in [2.45, 2.75) is 32.2 Å². The highest BCUT2D eigenvalue weighted by molar-refractivity contribution is 5.73. The Morgan fingerprint density at radius 2 is 2.15 bits per heavy atom. The standard InChI is InChI=1S/C17H21NO2/c1-2-14-10-12-18(16(13-14)17(19)20)11-6-9-15-7-4-3-5-8-15/h3-5,7-8,14,16H,2,10-13H2,1H3,(H,19,20). The predicted octanol–water partition coefficient (Wildman–Crippen LogP) is 2.61. The summed E-state index contributed by atoms with van der Waals surface area (Å²) >= 11 is 0. The molecule has 1 saturated heterocycles. The Bertz CT molecular complexity index is 501. The minimum Gasteiger partial charge on any atom is -0.480 e. The summed E-state index contributed by atoms with van der Waals surface area (Å²) in [5.41, 5.74) is 0.975. The van der Waals surface area contributed by atoms with Crippen LogP contribution in [0.15, 0.2) is 30.3 Å². The van der Waals surface area contributed by atoms with Crippen LogP contribution in [0.2, 0.25) is 0 Å². The fraction of sp³-hybridized carbons (Fsp3) is 0.471. The molecule has 3 heteroatoms. The number of rotatable bonds is 3. The molecule has 1 fully saturated rings. The summed E-state index contributed by atoms with van der Waals surface area (Å²) in [5, 5.41) is 9.35. The van der Waals surface area contributed by atoms with Gasteiger partial charge in [0.15, 0.2) is 0 Å². The van der Waals surface area contributed by atoms with E-state index in [1.54, 1.807) is 0 Å². The van der Waals surface area contributed by atoms with E-state index in [0.717, 1.165) is 31.4 Å². The van der Waals surface area contributed by atoms with Crippen LogP contribution in [0.3, 0.4) is 0 Å². The molecule has 106 valence electrons. The van der Waals surface area contributed by atoms with Crippen LogP contribution in [0.25, 0.3) is 0 Å². The average Bonchev–Trinajstić information content (AvgIpc) is 2.48. The molecular weight excluding hydrogens is 250 g/mol. The maximum atomic E-state index is 11.4. The first kappa shape index (κ1) is 14.6. The number of carbonyl (C=O) groups is 1. The van der Waals surface area contributed by atoms with Gasteiger partial charge >= 0.3 is 5.97 Å². The molecule has 2 unspecified atom stereocenters. The van der Waals surface area contributed by atoms with Crippen LogP contribution < -0.4 is 0 Å². The first-order valence-corrected chi connectivity index (χ1v) is 7.21. The van der Waals surface area contributed by atoms with E-state index in [1.807, 2.05) is 35.2 Å². The Balaban J connectivity index is 1.98. The van der Waals surface area contributed by atoms with Gasteiger partial charge in [-0.3, -0.25) is 9.69 Å². The van der Waals surface area contributed by atoms with E-state index in [1.165, 1.54) is 0 Å². The second-order valence-corrected chi connectivity index (χ2v) is 5.29. The minimum atomic E-state index is -0.718. The second-order valence-electron chi connectivity index (χ2n) is 5.29. The molecule has 3 nitrogen and oxygen atoms in total. The number of benzene rings is 1. The van der Waals surface area contributed by atoms with Crippen LogP contribution in [0, 0.1) is 17.8 Å². The van der Waals surface area contributed by atoms with Crippen LogP contribution in [0.1, 0.15) is 31.7 Å². The number of aliphatic carboxylic acids is 1.